The second kappa shape index (κ2) is 9.47. The number of rotatable bonds is 8. The molecule has 1 fully saturated rings. The summed E-state index contributed by atoms with van der Waals surface area (Å²) >= 11 is 0. The van der Waals surface area contributed by atoms with Gasteiger partial charge in [0, 0.05) is 31.1 Å². The molecule has 1 atom stereocenters. The number of ketones is 1. The van der Waals surface area contributed by atoms with Crippen molar-refractivity contribution in [1.29, 1.82) is 10.8 Å². The Morgan fingerprint density at radius 3 is 2.84 bits per heavy atom. The number of aromatic nitrogens is 1. The largest absolute Gasteiger partial charge is 0.386 e. The van der Waals surface area contributed by atoms with Crippen molar-refractivity contribution in [2.45, 2.75) is 50.4 Å². The van der Waals surface area contributed by atoms with Crippen LogP contribution in [0.4, 0.5) is 0 Å². The van der Waals surface area contributed by atoms with Crippen molar-refractivity contribution in [3.05, 3.63) is 65.9 Å². The summed E-state index contributed by atoms with van der Waals surface area (Å²) < 4.78 is 0. The number of benzene rings is 1. The molecule has 4 N–H and O–H groups in total. The van der Waals surface area contributed by atoms with Crippen molar-refractivity contribution in [3.63, 3.8) is 0 Å². The molecule has 2 aromatic rings. The van der Waals surface area contributed by atoms with Gasteiger partial charge in [0.05, 0.1) is 11.4 Å². The van der Waals surface area contributed by atoms with Crippen molar-refractivity contribution in [3.8, 4) is 0 Å². The molecule has 1 aliphatic carbocycles. The molecule has 4 rings (SSSR count). The molecule has 1 aromatic carbocycles. The number of nitrogens with one attached hydrogen (secondary N) is 2. The second-order valence-corrected chi connectivity index (χ2v) is 8.70. The summed E-state index contributed by atoms with van der Waals surface area (Å²) in [4.78, 5) is 20.0. The number of amidine groups is 2. The third-order valence-corrected chi connectivity index (χ3v) is 6.67. The highest BCUT2D eigenvalue weighted by Gasteiger charge is 2.46. The van der Waals surface area contributed by atoms with E-state index in [2.05, 4.69) is 9.88 Å². The highest BCUT2D eigenvalue weighted by atomic mass is 16.1. The number of piperidine rings is 1. The zero-order valence-corrected chi connectivity index (χ0v) is 18.4. The molecule has 6 nitrogen and oxygen atoms in total. The maximum Gasteiger partial charge on any atom is 0.177 e. The predicted octanol–water partition coefficient (Wildman–Crippen LogP) is 4.50. The van der Waals surface area contributed by atoms with Crippen LogP contribution in [0.5, 0.6) is 0 Å². The van der Waals surface area contributed by atoms with Crippen LogP contribution in [0.1, 0.15) is 50.5 Å². The van der Waals surface area contributed by atoms with Gasteiger partial charge in [-0.1, -0.05) is 36.8 Å². The topological polar surface area (TPSA) is 107 Å². The van der Waals surface area contributed by atoms with Gasteiger partial charge < -0.3 is 10.6 Å². The Labute approximate surface area is 189 Å². The van der Waals surface area contributed by atoms with Gasteiger partial charge >= 0.3 is 0 Å². The Balaban J connectivity index is 1.51. The SMILES string of the molecule is N=C1CCCCN1CCCCCC1=CC=CC(=O)C1(C(=N)N)c1cnc2ccccc2c1. The summed E-state index contributed by atoms with van der Waals surface area (Å²) in [5.41, 5.74) is 7.22. The van der Waals surface area contributed by atoms with Gasteiger partial charge in [0.1, 0.15) is 11.3 Å². The third kappa shape index (κ3) is 4.09. The molecule has 1 aromatic heterocycles. The number of nitrogens with zero attached hydrogens (tertiary/aromatic N) is 2. The standard InChI is InChI=1S/C26H31N5O/c27-24-14-5-7-16-31(24)15-6-1-2-10-20-11-8-13-23(32)26(20,25(28)29)21-17-19-9-3-4-12-22(19)30-18-21/h3-4,8-9,11-13,17-18,27H,1-2,5-7,10,14-16H2,(H3,28,29). The Bertz CT molecular complexity index is 1100. The van der Waals surface area contributed by atoms with Crippen LogP contribution in [0.25, 0.3) is 10.9 Å². The molecule has 1 saturated heterocycles. The Kier molecular flexibility index (Phi) is 6.49. The lowest BCUT2D eigenvalue weighted by Gasteiger charge is -2.35. The number of para-hydroxylation sites is 1. The fraction of sp³-hybridized carbons (Fsp3) is 0.385. The fourth-order valence-corrected chi connectivity index (χ4v) is 4.93. The summed E-state index contributed by atoms with van der Waals surface area (Å²) in [6, 6.07) is 9.71. The lowest BCUT2D eigenvalue weighted by Crippen LogP contribution is -2.49. The number of carbonyl (C=O) groups is 1. The van der Waals surface area contributed by atoms with E-state index in [9.17, 15) is 4.79 Å². The van der Waals surface area contributed by atoms with Gasteiger partial charge in [-0.15, -0.1) is 0 Å². The van der Waals surface area contributed by atoms with Crippen LogP contribution in [0.3, 0.4) is 0 Å². The summed E-state index contributed by atoms with van der Waals surface area (Å²) in [7, 11) is 0. The summed E-state index contributed by atoms with van der Waals surface area (Å²) in [6.07, 6.45) is 13.7. The monoisotopic (exact) mass is 429 g/mol. The van der Waals surface area contributed by atoms with Gasteiger partial charge in [0.25, 0.3) is 0 Å². The minimum atomic E-state index is -1.28. The van der Waals surface area contributed by atoms with Crippen molar-refractivity contribution in [2.75, 3.05) is 13.1 Å². The second-order valence-electron chi connectivity index (χ2n) is 8.70. The average molecular weight is 430 g/mol. The lowest BCUT2D eigenvalue weighted by atomic mass is 9.66. The molecule has 6 heteroatoms. The quantitative estimate of drug-likeness (QED) is 0.326. The summed E-state index contributed by atoms with van der Waals surface area (Å²) in [5.74, 6) is 0.430. The molecular weight excluding hydrogens is 398 g/mol. The van der Waals surface area contributed by atoms with E-state index in [0.29, 0.717) is 12.0 Å². The number of unbranched alkanes of at least 4 members (excludes halogenated alkanes) is 2. The third-order valence-electron chi connectivity index (χ3n) is 6.67. The van der Waals surface area contributed by atoms with Crippen LogP contribution >= 0.6 is 0 Å². The minimum Gasteiger partial charge on any atom is -0.386 e. The first-order chi connectivity index (χ1) is 15.5. The Morgan fingerprint density at radius 1 is 1.19 bits per heavy atom. The number of nitrogens with two attached hydrogens (primary N) is 1. The van der Waals surface area contributed by atoms with E-state index < -0.39 is 5.41 Å². The van der Waals surface area contributed by atoms with Gasteiger partial charge in [-0.2, -0.15) is 0 Å². The van der Waals surface area contributed by atoms with Crippen LogP contribution in [-0.4, -0.2) is 40.4 Å². The number of fused-ring (bicyclic) bond motifs is 1. The first-order valence-electron chi connectivity index (χ1n) is 11.5. The summed E-state index contributed by atoms with van der Waals surface area (Å²) in [6.45, 7) is 1.91. The minimum absolute atomic E-state index is 0.156. The predicted molar refractivity (Wildman–Crippen MR) is 129 cm³/mol. The van der Waals surface area contributed by atoms with Crippen LogP contribution < -0.4 is 5.73 Å². The van der Waals surface area contributed by atoms with Crippen molar-refractivity contribution in [1.82, 2.24) is 9.88 Å². The van der Waals surface area contributed by atoms with Crippen LogP contribution in [0.15, 0.2) is 60.3 Å². The first-order valence-corrected chi connectivity index (χ1v) is 11.5. The average Bonchev–Trinajstić information content (AvgIpc) is 2.79. The molecule has 2 heterocycles. The molecular formula is C26H31N5O. The lowest BCUT2D eigenvalue weighted by molar-refractivity contribution is -0.117. The van der Waals surface area contributed by atoms with Crippen molar-refractivity contribution in [2.24, 2.45) is 5.73 Å². The van der Waals surface area contributed by atoms with Gasteiger partial charge in [-0.25, -0.2) is 0 Å². The zero-order valence-electron chi connectivity index (χ0n) is 18.4. The van der Waals surface area contributed by atoms with Gasteiger partial charge in [-0.05, 0) is 61.4 Å². The molecule has 0 amide bonds. The Morgan fingerprint density at radius 2 is 2.03 bits per heavy atom. The molecule has 0 radical (unpaired) electrons. The van der Waals surface area contributed by atoms with Crippen LogP contribution in [0.2, 0.25) is 0 Å². The van der Waals surface area contributed by atoms with Gasteiger partial charge in [0.15, 0.2) is 5.78 Å². The number of likely N-dealkylation sites (tertiary alicyclic amines) is 1. The van der Waals surface area contributed by atoms with E-state index in [-0.39, 0.29) is 11.6 Å². The molecule has 0 spiro atoms. The summed E-state index contributed by atoms with van der Waals surface area (Å²) in [5, 5.41) is 17.5. The Hall–Kier alpha value is -3.28. The molecule has 1 unspecified atom stereocenters. The maximum absolute atomic E-state index is 13.2. The van der Waals surface area contributed by atoms with Crippen LogP contribution in [0, 0.1) is 10.8 Å². The molecule has 166 valence electrons. The number of hydrogen-bond donors (Lipinski definition) is 3. The van der Waals surface area contributed by atoms with E-state index in [0.717, 1.165) is 67.5 Å². The van der Waals surface area contributed by atoms with Gasteiger partial charge in [-0.3, -0.25) is 20.6 Å². The molecule has 0 bridgehead atoms. The number of allylic oxidation sites excluding steroid dienone is 3. The number of pyridine rings is 1. The molecule has 2 aliphatic rings. The van der Waals surface area contributed by atoms with E-state index in [1.807, 2.05) is 36.4 Å². The fourth-order valence-electron chi connectivity index (χ4n) is 4.93. The van der Waals surface area contributed by atoms with E-state index in [1.165, 1.54) is 12.5 Å². The van der Waals surface area contributed by atoms with Gasteiger partial charge in [0.2, 0.25) is 0 Å². The van der Waals surface area contributed by atoms with Crippen molar-refractivity contribution >= 4 is 28.4 Å². The first kappa shape index (κ1) is 21.9. The molecule has 0 saturated carbocycles. The number of hydrogen-bond acceptors (Lipinski definition) is 4. The maximum atomic E-state index is 13.2. The number of carbonyl (C=O) groups excluding carboxylic acids is 1. The zero-order chi connectivity index (χ0) is 22.6. The smallest absolute Gasteiger partial charge is 0.177 e. The van der Waals surface area contributed by atoms with Crippen LogP contribution in [-0.2, 0) is 10.2 Å². The molecule has 1 aliphatic heterocycles. The highest BCUT2D eigenvalue weighted by molar-refractivity contribution is 6.20. The van der Waals surface area contributed by atoms with E-state index >= 15 is 0 Å². The van der Waals surface area contributed by atoms with E-state index in [1.54, 1.807) is 12.3 Å². The normalized spacial score (nSPS) is 21.1. The highest BCUT2D eigenvalue weighted by Crippen LogP contribution is 2.39. The van der Waals surface area contributed by atoms with E-state index in [4.69, 9.17) is 16.6 Å². The molecule has 32 heavy (non-hydrogen) atoms. The van der Waals surface area contributed by atoms with Crippen molar-refractivity contribution < 1.29 is 4.79 Å².